The van der Waals surface area contributed by atoms with E-state index < -0.39 is 0 Å². The molecule has 2 aromatic rings. The van der Waals surface area contributed by atoms with E-state index >= 15 is 0 Å². The highest BCUT2D eigenvalue weighted by atomic mass is 35.5. The summed E-state index contributed by atoms with van der Waals surface area (Å²) in [6.07, 6.45) is 5.12. The van der Waals surface area contributed by atoms with Crippen molar-refractivity contribution in [3.63, 3.8) is 0 Å². The minimum Gasteiger partial charge on any atom is -0.344 e. The topological polar surface area (TPSA) is 68.0 Å². The summed E-state index contributed by atoms with van der Waals surface area (Å²) in [6.45, 7) is 4.18. The number of carbonyl (C=O) groups excluding carboxylic acids is 1. The van der Waals surface area contributed by atoms with Crippen LogP contribution in [0.2, 0.25) is 5.02 Å². The molecular formula is C19H24ClN3O2. The Balaban J connectivity index is 1.79. The molecule has 2 atom stereocenters. The van der Waals surface area contributed by atoms with Crippen molar-refractivity contribution in [1.29, 1.82) is 0 Å². The van der Waals surface area contributed by atoms with E-state index in [1.54, 1.807) is 12.1 Å². The number of rotatable bonds is 6. The molecule has 0 spiro atoms. The molecule has 1 heterocycles. The summed E-state index contributed by atoms with van der Waals surface area (Å²) >= 11 is 5.92. The predicted molar refractivity (Wildman–Crippen MR) is 97.0 cm³/mol. The Bertz CT molecular complexity index is 708. The Hall–Kier alpha value is -1.88. The highest BCUT2D eigenvalue weighted by Crippen LogP contribution is 2.29. The SMILES string of the molecule is CC[C@@H](C)[C@@H](NC(=O)C1CCCC1)c1nc(-c2ccc(Cl)cc2)no1. The smallest absolute Gasteiger partial charge is 0.249 e. The lowest BCUT2D eigenvalue weighted by atomic mass is 9.97. The fourth-order valence-corrected chi connectivity index (χ4v) is 3.35. The van der Waals surface area contributed by atoms with Crippen molar-refractivity contribution in [2.75, 3.05) is 0 Å². The summed E-state index contributed by atoms with van der Waals surface area (Å²) in [7, 11) is 0. The number of hydrogen-bond donors (Lipinski definition) is 1. The van der Waals surface area contributed by atoms with E-state index in [1.807, 2.05) is 12.1 Å². The normalized spacial score (nSPS) is 17.4. The second-order valence-electron chi connectivity index (χ2n) is 6.82. The molecule has 3 rings (SSSR count). The predicted octanol–water partition coefficient (Wildman–Crippen LogP) is 4.78. The summed E-state index contributed by atoms with van der Waals surface area (Å²) in [5.41, 5.74) is 0.837. The van der Waals surface area contributed by atoms with Gasteiger partial charge in [-0.05, 0) is 43.0 Å². The third-order valence-electron chi connectivity index (χ3n) is 5.05. The van der Waals surface area contributed by atoms with Gasteiger partial charge in [0.15, 0.2) is 0 Å². The van der Waals surface area contributed by atoms with E-state index in [2.05, 4.69) is 29.3 Å². The van der Waals surface area contributed by atoms with Crippen LogP contribution in [0, 0.1) is 11.8 Å². The lowest BCUT2D eigenvalue weighted by Gasteiger charge is -2.22. The largest absolute Gasteiger partial charge is 0.344 e. The Kier molecular flexibility index (Phi) is 5.74. The molecule has 1 aliphatic carbocycles. The van der Waals surface area contributed by atoms with Gasteiger partial charge in [-0.2, -0.15) is 4.98 Å². The van der Waals surface area contributed by atoms with Crippen molar-refractivity contribution in [3.05, 3.63) is 35.2 Å². The molecule has 0 bridgehead atoms. The third-order valence-corrected chi connectivity index (χ3v) is 5.30. The van der Waals surface area contributed by atoms with Crippen LogP contribution in [0.4, 0.5) is 0 Å². The van der Waals surface area contributed by atoms with Crippen molar-refractivity contribution in [2.24, 2.45) is 11.8 Å². The minimum atomic E-state index is -0.258. The van der Waals surface area contributed by atoms with E-state index in [0.717, 1.165) is 37.7 Å². The lowest BCUT2D eigenvalue weighted by molar-refractivity contribution is -0.126. The van der Waals surface area contributed by atoms with E-state index in [4.69, 9.17) is 16.1 Å². The summed E-state index contributed by atoms with van der Waals surface area (Å²) < 4.78 is 5.49. The fraction of sp³-hybridized carbons (Fsp3) is 0.526. The second kappa shape index (κ2) is 8.00. The first-order valence-corrected chi connectivity index (χ1v) is 9.36. The zero-order chi connectivity index (χ0) is 17.8. The fourth-order valence-electron chi connectivity index (χ4n) is 3.22. The van der Waals surface area contributed by atoms with Crippen molar-refractivity contribution in [2.45, 2.75) is 52.0 Å². The molecule has 0 unspecified atom stereocenters. The lowest BCUT2D eigenvalue weighted by Crippen LogP contribution is -2.36. The van der Waals surface area contributed by atoms with Crippen LogP contribution in [0.3, 0.4) is 0 Å². The van der Waals surface area contributed by atoms with Crippen LogP contribution in [0.1, 0.15) is 57.9 Å². The van der Waals surface area contributed by atoms with Crippen molar-refractivity contribution < 1.29 is 9.32 Å². The quantitative estimate of drug-likeness (QED) is 0.803. The number of benzene rings is 1. The monoisotopic (exact) mass is 361 g/mol. The molecule has 6 heteroatoms. The van der Waals surface area contributed by atoms with Crippen LogP contribution in [0.25, 0.3) is 11.4 Å². The molecule has 0 saturated heterocycles. The van der Waals surface area contributed by atoms with Gasteiger partial charge in [-0.1, -0.05) is 49.9 Å². The molecule has 1 amide bonds. The van der Waals surface area contributed by atoms with Gasteiger partial charge in [0.25, 0.3) is 0 Å². The molecule has 1 saturated carbocycles. The van der Waals surface area contributed by atoms with E-state index in [1.165, 1.54) is 0 Å². The first-order valence-electron chi connectivity index (χ1n) is 8.98. The molecule has 1 N–H and O–H groups in total. The van der Waals surface area contributed by atoms with Gasteiger partial charge in [0, 0.05) is 16.5 Å². The number of halogens is 1. The van der Waals surface area contributed by atoms with Gasteiger partial charge in [0.1, 0.15) is 6.04 Å². The van der Waals surface area contributed by atoms with E-state index in [0.29, 0.717) is 16.7 Å². The highest BCUT2D eigenvalue weighted by Gasteiger charge is 2.30. The van der Waals surface area contributed by atoms with E-state index in [9.17, 15) is 4.79 Å². The summed E-state index contributed by atoms with van der Waals surface area (Å²) in [5, 5.41) is 7.88. The first kappa shape index (κ1) is 17.9. The van der Waals surface area contributed by atoms with Crippen LogP contribution < -0.4 is 5.32 Å². The van der Waals surface area contributed by atoms with Crippen molar-refractivity contribution in [3.8, 4) is 11.4 Å². The molecular weight excluding hydrogens is 338 g/mol. The molecule has 0 radical (unpaired) electrons. The van der Waals surface area contributed by atoms with Gasteiger partial charge in [-0.25, -0.2) is 0 Å². The van der Waals surface area contributed by atoms with Crippen LogP contribution >= 0.6 is 11.6 Å². The standard InChI is InChI=1S/C19H24ClN3O2/c1-3-12(2)16(21-18(24)14-6-4-5-7-14)19-22-17(23-25-19)13-8-10-15(20)11-9-13/h8-12,14,16H,3-7H2,1-2H3,(H,21,24)/t12-,16-/m1/s1. The molecule has 1 aromatic heterocycles. The van der Waals surface area contributed by atoms with Crippen LogP contribution in [-0.2, 0) is 4.79 Å². The van der Waals surface area contributed by atoms with Gasteiger partial charge in [0.2, 0.25) is 17.6 Å². The van der Waals surface area contributed by atoms with Crippen molar-refractivity contribution in [1.82, 2.24) is 15.5 Å². The van der Waals surface area contributed by atoms with Gasteiger partial charge in [0.05, 0.1) is 0 Å². The molecule has 5 nitrogen and oxygen atoms in total. The average Bonchev–Trinajstić information content (AvgIpc) is 3.31. The summed E-state index contributed by atoms with van der Waals surface area (Å²) in [4.78, 5) is 17.1. The number of nitrogens with zero attached hydrogens (tertiary/aromatic N) is 2. The Morgan fingerprint density at radius 2 is 2.00 bits per heavy atom. The summed E-state index contributed by atoms with van der Waals surface area (Å²) in [6, 6.07) is 7.03. The first-order chi connectivity index (χ1) is 12.1. The molecule has 0 aliphatic heterocycles. The zero-order valence-electron chi connectivity index (χ0n) is 14.7. The maximum Gasteiger partial charge on any atom is 0.249 e. The van der Waals surface area contributed by atoms with Gasteiger partial charge >= 0.3 is 0 Å². The average molecular weight is 362 g/mol. The third kappa shape index (κ3) is 4.21. The maximum absolute atomic E-state index is 12.5. The molecule has 1 fully saturated rings. The van der Waals surface area contributed by atoms with E-state index in [-0.39, 0.29) is 23.8 Å². The minimum absolute atomic E-state index is 0.106. The number of amides is 1. The van der Waals surface area contributed by atoms with Gasteiger partial charge in [-0.15, -0.1) is 0 Å². The number of carbonyl (C=O) groups is 1. The number of nitrogens with one attached hydrogen (secondary N) is 1. The Morgan fingerprint density at radius 1 is 1.32 bits per heavy atom. The van der Waals surface area contributed by atoms with Gasteiger partial charge < -0.3 is 9.84 Å². The van der Waals surface area contributed by atoms with Gasteiger partial charge in [-0.3, -0.25) is 4.79 Å². The molecule has 25 heavy (non-hydrogen) atoms. The maximum atomic E-state index is 12.5. The molecule has 1 aromatic carbocycles. The number of aromatic nitrogens is 2. The van der Waals surface area contributed by atoms with Crippen molar-refractivity contribution >= 4 is 17.5 Å². The molecule has 134 valence electrons. The Morgan fingerprint density at radius 3 is 2.64 bits per heavy atom. The number of hydrogen-bond acceptors (Lipinski definition) is 4. The second-order valence-corrected chi connectivity index (χ2v) is 7.25. The molecule has 1 aliphatic rings. The highest BCUT2D eigenvalue weighted by molar-refractivity contribution is 6.30. The zero-order valence-corrected chi connectivity index (χ0v) is 15.4. The van der Waals surface area contributed by atoms with Crippen LogP contribution in [-0.4, -0.2) is 16.0 Å². The van der Waals surface area contributed by atoms with Crippen LogP contribution in [0.15, 0.2) is 28.8 Å². The Labute approximate surface area is 153 Å². The summed E-state index contributed by atoms with van der Waals surface area (Å²) in [5.74, 6) is 1.41. The van der Waals surface area contributed by atoms with Crippen LogP contribution in [0.5, 0.6) is 0 Å².